The second-order valence-corrected chi connectivity index (χ2v) is 3.80. The van der Waals surface area contributed by atoms with Gasteiger partial charge >= 0.3 is 0 Å². The highest BCUT2D eigenvalue weighted by molar-refractivity contribution is 5.45. The lowest BCUT2D eigenvalue weighted by Crippen LogP contribution is -2.00. The van der Waals surface area contributed by atoms with Crippen molar-refractivity contribution < 1.29 is 0 Å². The molecule has 1 aromatic heterocycles. The molecule has 0 spiro atoms. The highest BCUT2D eigenvalue weighted by Gasteiger charge is 1.94. The van der Waals surface area contributed by atoms with Crippen LogP contribution in [0.3, 0.4) is 0 Å². The molecule has 0 amide bonds. The van der Waals surface area contributed by atoms with Crippen molar-refractivity contribution in [2.24, 2.45) is 0 Å². The van der Waals surface area contributed by atoms with Crippen molar-refractivity contribution in [1.29, 1.82) is 0 Å². The molecular formula is C12H18N2. The molecule has 0 radical (unpaired) electrons. The van der Waals surface area contributed by atoms with Gasteiger partial charge in [0.15, 0.2) is 0 Å². The van der Waals surface area contributed by atoms with Crippen LogP contribution >= 0.6 is 0 Å². The molecule has 14 heavy (non-hydrogen) atoms. The van der Waals surface area contributed by atoms with Gasteiger partial charge in [0.1, 0.15) is 0 Å². The average Bonchev–Trinajstić information content (AvgIpc) is 2.01. The molecule has 0 aromatic carbocycles. The molecule has 0 fully saturated rings. The Balaban J connectivity index is 2.63. The fraction of sp³-hybridized carbons (Fsp3) is 0.417. The number of nitrogens with zero attached hydrogens (tertiary/aromatic N) is 1. The molecule has 76 valence electrons. The Labute approximate surface area is 86.1 Å². The Morgan fingerprint density at radius 3 is 2.36 bits per heavy atom. The van der Waals surface area contributed by atoms with Gasteiger partial charge in [0.25, 0.3) is 0 Å². The number of hydrogen-bond acceptors (Lipinski definition) is 2. The summed E-state index contributed by atoms with van der Waals surface area (Å²) in [6.07, 6.45) is 2.17. The van der Waals surface area contributed by atoms with Crippen molar-refractivity contribution in [2.45, 2.75) is 27.7 Å². The minimum absolute atomic E-state index is 0.880. The van der Waals surface area contributed by atoms with Crippen molar-refractivity contribution in [2.75, 3.05) is 11.9 Å². The second kappa shape index (κ2) is 4.80. The van der Waals surface area contributed by atoms with Crippen LogP contribution in [0.2, 0.25) is 0 Å². The van der Waals surface area contributed by atoms with Gasteiger partial charge in [-0.05, 0) is 39.8 Å². The lowest BCUT2D eigenvalue weighted by molar-refractivity contribution is 1.11. The van der Waals surface area contributed by atoms with Crippen LogP contribution in [0.4, 0.5) is 5.69 Å². The number of hydrogen-bond donors (Lipinski definition) is 1. The monoisotopic (exact) mass is 190 g/mol. The number of aromatic nitrogens is 1. The van der Waals surface area contributed by atoms with Crippen LogP contribution < -0.4 is 5.32 Å². The zero-order chi connectivity index (χ0) is 10.6. The van der Waals surface area contributed by atoms with E-state index in [4.69, 9.17) is 0 Å². The van der Waals surface area contributed by atoms with E-state index in [0.717, 1.165) is 23.6 Å². The quantitative estimate of drug-likeness (QED) is 0.741. The highest BCUT2D eigenvalue weighted by Crippen LogP contribution is 2.10. The van der Waals surface area contributed by atoms with Crippen molar-refractivity contribution >= 4 is 5.69 Å². The third-order valence-electron chi connectivity index (χ3n) is 1.90. The molecule has 2 heteroatoms. The Hall–Kier alpha value is -1.31. The van der Waals surface area contributed by atoms with Crippen molar-refractivity contribution in [1.82, 2.24) is 4.98 Å². The molecule has 0 unspecified atom stereocenters. The SMILES string of the molecule is CC(C)=CCNc1cc(C)nc(C)c1. The second-order valence-electron chi connectivity index (χ2n) is 3.80. The number of aryl methyl sites for hydroxylation is 2. The molecule has 0 bridgehead atoms. The van der Waals surface area contributed by atoms with Gasteiger partial charge in [-0.1, -0.05) is 11.6 Å². The topological polar surface area (TPSA) is 24.9 Å². The first kappa shape index (κ1) is 10.8. The largest absolute Gasteiger partial charge is 0.381 e. The zero-order valence-corrected chi connectivity index (χ0v) is 9.39. The molecular weight excluding hydrogens is 172 g/mol. The molecule has 1 heterocycles. The standard InChI is InChI=1S/C12H18N2/c1-9(2)5-6-13-12-7-10(3)14-11(4)8-12/h5,7-8H,6H2,1-4H3,(H,13,14). The van der Waals surface area contributed by atoms with Crippen LogP contribution in [0.25, 0.3) is 0 Å². The summed E-state index contributed by atoms with van der Waals surface area (Å²) in [5.74, 6) is 0. The molecule has 0 atom stereocenters. The first-order chi connectivity index (χ1) is 6.58. The minimum Gasteiger partial charge on any atom is -0.381 e. The van der Waals surface area contributed by atoms with Crippen molar-refractivity contribution in [3.8, 4) is 0 Å². The third kappa shape index (κ3) is 3.60. The molecule has 0 aliphatic rings. The van der Waals surface area contributed by atoms with E-state index in [0.29, 0.717) is 0 Å². The molecule has 1 aromatic rings. The van der Waals surface area contributed by atoms with E-state index >= 15 is 0 Å². The predicted octanol–water partition coefficient (Wildman–Crippen LogP) is 3.08. The van der Waals surface area contributed by atoms with Gasteiger partial charge < -0.3 is 5.32 Å². The first-order valence-electron chi connectivity index (χ1n) is 4.90. The van der Waals surface area contributed by atoms with E-state index in [1.807, 2.05) is 13.8 Å². The lowest BCUT2D eigenvalue weighted by Gasteiger charge is -2.05. The highest BCUT2D eigenvalue weighted by atomic mass is 14.9. The normalized spacial score (nSPS) is 9.71. The summed E-state index contributed by atoms with van der Waals surface area (Å²) < 4.78 is 0. The smallest absolute Gasteiger partial charge is 0.0396 e. The van der Waals surface area contributed by atoms with Gasteiger partial charge in [0.2, 0.25) is 0 Å². The fourth-order valence-corrected chi connectivity index (χ4v) is 1.31. The lowest BCUT2D eigenvalue weighted by atomic mass is 10.2. The molecule has 0 saturated carbocycles. The van der Waals surface area contributed by atoms with Crippen molar-refractivity contribution in [3.05, 3.63) is 35.2 Å². The number of pyridine rings is 1. The van der Waals surface area contributed by atoms with Crippen LogP contribution in [0.1, 0.15) is 25.2 Å². The summed E-state index contributed by atoms with van der Waals surface area (Å²) in [6.45, 7) is 9.11. The Morgan fingerprint density at radius 1 is 1.29 bits per heavy atom. The minimum atomic E-state index is 0.880. The van der Waals surface area contributed by atoms with Crippen LogP contribution in [0, 0.1) is 13.8 Å². The summed E-state index contributed by atoms with van der Waals surface area (Å²) in [5.41, 5.74) is 4.60. The number of nitrogens with one attached hydrogen (secondary N) is 1. The van der Waals surface area contributed by atoms with Gasteiger partial charge in [-0.15, -0.1) is 0 Å². The van der Waals surface area contributed by atoms with Crippen LogP contribution in [-0.4, -0.2) is 11.5 Å². The van der Waals surface area contributed by atoms with Crippen LogP contribution in [-0.2, 0) is 0 Å². The maximum Gasteiger partial charge on any atom is 0.0396 e. The van der Waals surface area contributed by atoms with E-state index < -0.39 is 0 Å². The summed E-state index contributed by atoms with van der Waals surface area (Å²) in [6, 6.07) is 4.12. The summed E-state index contributed by atoms with van der Waals surface area (Å²) in [4.78, 5) is 4.32. The van der Waals surface area contributed by atoms with Crippen LogP contribution in [0.5, 0.6) is 0 Å². The maximum absolute atomic E-state index is 4.32. The van der Waals surface area contributed by atoms with Gasteiger partial charge in [0, 0.05) is 23.6 Å². The summed E-state index contributed by atoms with van der Waals surface area (Å²) in [7, 11) is 0. The first-order valence-corrected chi connectivity index (χ1v) is 4.90. The van der Waals surface area contributed by atoms with E-state index in [2.05, 4.69) is 42.4 Å². The van der Waals surface area contributed by atoms with Gasteiger partial charge in [0.05, 0.1) is 0 Å². The maximum atomic E-state index is 4.32. The Morgan fingerprint density at radius 2 is 1.86 bits per heavy atom. The number of rotatable bonds is 3. The summed E-state index contributed by atoms with van der Waals surface area (Å²) in [5, 5.41) is 3.34. The molecule has 0 saturated heterocycles. The van der Waals surface area contributed by atoms with E-state index in [1.165, 1.54) is 5.57 Å². The Kier molecular flexibility index (Phi) is 3.69. The number of anilines is 1. The third-order valence-corrected chi connectivity index (χ3v) is 1.90. The van der Waals surface area contributed by atoms with Crippen molar-refractivity contribution in [3.63, 3.8) is 0 Å². The van der Waals surface area contributed by atoms with E-state index in [9.17, 15) is 0 Å². The van der Waals surface area contributed by atoms with Crippen LogP contribution in [0.15, 0.2) is 23.8 Å². The van der Waals surface area contributed by atoms with E-state index in [-0.39, 0.29) is 0 Å². The van der Waals surface area contributed by atoms with E-state index in [1.54, 1.807) is 0 Å². The number of allylic oxidation sites excluding steroid dienone is 1. The molecule has 0 aliphatic heterocycles. The Bertz CT molecular complexity index is 316. The zero-order valence-electron chi connectivity index (χ0n) is 9.39. The van der Waals surface area contributed by atoms with Gasteiger partial charge in [-0.3, -0.25) is 4.98 Å². The fourth-order valence-electron chi connectivity index (χ4n) is 1.31. The van der Waals surface area contributed by atoms with Gasteiger partial charge in [-0.2, -0.15) is 0 Å². The van der Waals surface area contributed by atoms with Gasteiger partial charge in [-0.25, -0.2) is 0 Å². The summed E-state index contributed by atoms with van der Waals surface area (Å²) >= 11 is 0. The molecule has 0 aliphatic carbocycles. The predicted molar refractivity (Wildman–Crippen MR) is 61.6 cm³/mol. The average molecular weight is 190 g/mol. The molecule has 2 nitrogen and oxygen atoms in total. The molecule has 1 rings (SSSR count). The molecule has 1 N–H and O–H groups in total.